The molecule has 1 aromatic heterocycles. The van der Waals surface area contributed by atoms with Gasteiger partial charge in [0.15, 0.2) is 0 Å². The quantitative estimate of drug-likeness (QED) is 0.726. The van der Waals surface area contributed by atoms with E-state index in [1.807, 2.05) is 25.2 Å². The molecule has 7 heteroatoms. The summed E-state index contributed by atoms with van der Waals surface area (Å²) in [6.45, 7) is 2.17. The number of hydrogen-bond donors (Lipinski definition) is 1. The van der Waals surface area contributed by atoms with Gasteiger partial charge in [-0.15, -0.1) is 11.8 Å². The molecule has 2 heterocycles. The highest BCUT2D eigenvalue weighted by atomic mass is 32.2. The first-order chi connectivity index (χ1) is 13.1. The van der Waals surface area contributed by atoms with Crippen LogP contribution in [0.1, 0.15) is 39.3 Å². The molecule has 0 saturated carbocycles. The molecule has 0 aliphatic carbocycles. The summed E-state index contributed by atoms with van der Waals surface area (Å²) in [4.78, 5) is 26.7. The summed E-state index contributed by atoms with van der Waals surface area (Å²) in [6.07, 6.45) is 3.48. The van der Waals surface area contributed by atoms with Gasteiger partial charge in [-0.3, -0.25) is 4.79 Å². The lowest BCUT2D eigenvalue weighted by atomic mass is 10.0. The van der Waals surface area contributed by atoms with Gasteiger partial charge < -0.3 is 19.2 Å². The van der Waals surface area contributed by atoms with Crippen molar-refractivity contribution in [1.82, 2.24) is 4.90 Å². The van der Waals surface area contributed by atoms with Crippen LogP contribution in [-0.2, 0) is 10.5 Å². The average Bonchev–Trinajstić information content (AvgIpc) is 3.16. The van der Waals surface area contributed by atoms with Gasteiger partial charge >= 0.3 is 5.97 Å². The van der Waals surface area contributed by atoms with E-state index in [0.29, 0.717) is 36.1 Å². The van der Waals surface area contributed by atoms with Crippen molar-refractivity contribution in [2.45, 2.75) is 23.5 Å². The number of rotatable bonds is 7. The van der Waals surface area contributed by atoms with E-state index in [0.717, 1.165) is 24.3 Å². The van der Waals surface area contributed by atoms with Gasteiger partial charge in [0, 0.05) is 25.1 Å². The summed E-state index contributed by atoms with van der Waals surface area (Å²) >= 11 is 1.40. The van der Waals surface area contributed by atoms with Gasteiger partial charge in [-0.25, -0.2) is 4.79 Å². The van der Waals surface area contributed by atoms with Gasteiger partial charge in [0.1, 0.15) is 11.3 Å². The molecule has 1 amide bonds. The van der Waals surface area contributed by atoms with Crippen molar-refractivity contribution in [1.29, 1.82) is 0 Å². The number of benzene rings is 1. The van der Waals surface area contributed by atoms with E-state index < -0.39 is 5.97 Å². The summed E-state index contributed by atoms with van der Waals surface area (Å²) in [6, 6.07) is 8.83. The van der Waals surface area contributed by atoms with E-state index in [-0.39, 0.29) is 11.5 Å². The molecule has 1 aromatic carbocycles. The Bertz CT molecular complexity index is 797. The second kappa shape index (κ2) is 9.10. The lowest BCUT2D eigenvalue weighted by Crippen LogP contribution is -2.35. The number of hydrogen-bond acceptors (Lipinski definition) is 5. The minimum atomic E-state index is -1.02. The number of carbonyl (C=O) groups is 2. The van der Waals surface area contributed by atoms with Crippen LogP contribution in [0.4, 0.5) is 0 Å². The number of amides is 1. The molecule has 0 radical (unpaired) electrons. The van der Waals surface area contributed by atoms with E-state index in [2.05, 4.69) is 0 Å². The third-order valence-electron chi connectivity index (χ3n) is 4.59. The zero-order valence-corrected chi connectivity index (χ0v) is 16.0. The zero-order chi connectivity index (χ0) is 19.2. The number of carboxylic acid groups (broad SMARTS) is 1. The van der Waals surface area contributed by atoms with E-state index >= 15 is 0 Å². The number of furan rings is 1. The first-order valence-electron chi connectivity index (χ1n) is 8.91. The SMILES string of the molecule is CN(CC1CCCOC1)C(=O)c1ccccc1SCc1occc1C(=O)O. The molecule has 0 spiro atoms. The van der Waals surface area contributed by atoms with Gasteiger partial charge in [0.25, 0.3) is 5.91 Å². The second-order valence-electron chi connectivity index (χ2n) is 6.62. The Morgan fingerprint density at radius 3 is 2.81 bits per heavy atom. The van der Waals surface area contributed by atoms with Crippen LogP contribution >= 0.6 is 11.8 Å². The Morgan fingerprint density at radius 2 is 2.07 bits per heavy atom. The number of thioether (sulfide) groups is 1. The Hall–Kier alpha value is -2.25. The molecule has 1 N–H and O–H groups in total. The van der Waals surface area contributed by atoms with Crippen molar-refractivity contribution in [2.24, 2.45) is 5.92 Å². The third-order valence-corrected chi connectivity index (χ3v) is 5.66. The van der Waals surface area contributed by atoms with Gasteiger partial charge in [0.05, 0.1) is 24.2 Å². The summed E-state index contributed by atoms with van der Waals surface area (Å²) in [7, 11) is 1.81. The molecule has 0 bridgehead atoms. The van der Waals surface area contributed by atoms with E-state index in [1.165, 1.54) is 24.1 Å². The zero-order valence-electron chi connectivity index (χ0n) is 15.2. The summed E-state index contributed by atoms with van der Waals surface area (Å²) in [5.41, 5.74) is 0.769. The first-order valence-corrected chi connectivity index (χ1v) is 9.89. The van der Waals surface area contributed by atoms with Crippen molar-refractivity contribution in [3.8, 4) is 0 Å². The second-order valence-corrected chi connectivity index (χ2v) is 7.63. The van der Waals surface area contributed by atoms with E-state index in [4.69, 9.17) is 9.15 Å². The molecule has 1 aliphatic heterocycles. The molecule has 6 nitrogen and oxygen atoms in total. The van der Waals surface area contributed by atoms with Crippen LogP contribution in [0.5, 0.6) is 0 Å². The van der Waals surface area contributed by atoms with Crippen LogP contribution in [0.25, 0.3) is 0 Å². The van der Waals surface area contributed by atoms with Gasteiger partial charge in [-0.2, -0.15) is 0 Å². The van der Waals surface area contributed by atoms with Crippen LogP contribution in [0.3, 0.4) is 0 Å². The highest BCUT2D eigenvalue weighted by molar-refractivity contribution is 7.98. The maximum absolute atomic E-state index is 12.9. The third kappa shape index (κ3) is 4.93. The fourth-order valence-electron chi connectivity index (χ4n) is 3.18. The Morgan fingerprint density at radius 1 is 1.26 bits per heavy atom. The fourth-order valence-corrected chi connectivity index (χ4v) is 4.18. The molecular weight excluding hydrogens is 366 g/mol. The number of carboxylic acids is 1. The van der Waals surface area contributed by atoms with E-state index in [9.17, 15) is 14.7 Å². The molecule has 27 heavy (non-hydrogen) atoms. The summed E-state index contributed by atoms with van der Waals surface area (Å²) in [5.74, 6) is 0.0509. The van der Waals surface area contributed by atoms with E-state index in [1.54, 1.807) is 11.0 Å². The summed E-state index contributed by atoms with van der Waals surface area (Å²) < 4.78 is 10.8. The standard InChI is InChI=1S/C20H23NO5S/c1-21(11-14-5-4-9-25-12-14)19(22)16-6-2-3-7-18(16)27-13-17-15(20(23)24)8-10-26-17/h2-3,6-8,10,14H,4-5,9,11-13H2,1H3,(H,23,24). The van der Waals surface area contributed by atoms with Crippen molar-refractivity contribution in [2.75, 3.05) is 26.8 Å². The van der Waals surface area contributed by atoms with Crippen LogP contribution in [0.2, 0.25) is 0 Å². The Kier molecular flexibility index (Phi) is 6.58. The van der Waals surface area contributed by atoms with Crippen LogP contribution in [0.15, 0.2) is 45.9 Å². The van der Waals surface area contributed by atoms with Gasteiger partial charge in [-0.1, -0.05) is 12.1 Å². The van der Waals surface area contributed by atoms with Gasteiger partial charge in [-0.05, 0) is 37.0 Å². The van der Waals surface area contributed by atoms with Crippen LogP contribution in [0, 0.1) is 5.92 Å². The number of aromatic carboxylic acids is 1. The minimum absolute atomic E-state index is 0.0402. The number of carbonyl (C=O) groups excluding carboxylic acids is 1. The predicted molar refractivity (Wildman–Crippen MR) is 102 cm³/mol. The maximum Gasteiger partial charge on any atom is 0.339 e. The maximum atomic E-state index is 12.9. The van der Waals surface area contributed by atoms with Crippen LogP contribution < -0.4 is 0 Å². The predicted octanol–water partition coefficient (Wildman–Crippen LogP) is 3.77. The normalized spacial score (nSPS) is 16.9. The van der Waals surface area contributed by atoms with Gasteiger partial charge in [0.2, 0.25) is 0 Å². The van der Waals surface area contributed by atoms with Crippen LogP contribution in [-0.4, -0.2) is 48.7 Å². The molecule has 144 valence electrons. The monoisotopic (exact) mass is 389 g/mol. The first kappa shape index (κ1) is 19.5. The van der Waals surface area contributed by atoms with Crippen molar-refractivity contribution < 1.29 is 23.8 Å². The molecule has 1 saturated heterocycles. The van der Waals surface area contributed by atoms with Crippen molar-refractivity contribution in [3.05, 3.63) is 53.5 Å². The minimum Gasteiger partial charge on any atom is -0.478 e. The lowest BCUT2D eigenvalue weighted by Gasteiger charge is -2.27. The fraction of sp³-hybridized carbons (Fsp3) is 0.400. The highest BCUT2D eigenvalue weighted by Gasteiger charge is 2.22. The van der Waals surface area contributed by atoms with Crippen molar-refractivity contribution in [3.63, 3.8) is 0 Å². The molecule has 2 aromatic rings. The number of nitrogens with zero attached hydrogens (tertiary/aromatic N) is 1. The Labute approximate surface area is 162 Å². The molecule has 1 atom stereocenters. The molecule has 1 fully saturated rings. The van der Waals surface area contributed by atoms with Crippen molar-refractivity contribution >= 4 is 23.6 Å². The highest BCUT2D eigenvalue weighted by Crippen LogP contribution is 2.29. The molecule has 3 rings (SSSR count). The molecule has 1 unspecified atom stereocenters. The average molecular weight is 389 g/mol. The largest absolute Gasteiger partial charge is 0.478 e. The topological polar surface area (TPSA) is 80.0 Å². The Balaban J connectivity index is 1.68. The number of ether oxygens (including phenoxy) is 1. The summed E-state index contributed by atoms with van der Waals surface area (Å²) in [5, 5.41) is 9.18. The molecular formula is C20H23NO5S. The smallest absolute Gasteiger partial charge is 0.339 e. The molecule has 1 aliphatic rings. The lowest BCUT2D eigenvalue weighted by molar-refractivity contribution is 0.0387.